The number of methoxy groups -OCH3 is 1. The first-order valence-corrected chi connectivity index (χ1v) is 7.63. The molecule has 0 aliphatic rings. The maximum absolute atomic E-state index is 12.0. The second-order valence-corrected chi connectivity index (χ2v) is 5.33. The summed E-state index contributed by atoms with van der Waals surface area (Å²) in [6.07, 6.45) is 1.28. The van der Waals surface area contributed by atoms with Crippen molar-refractivity contribution >= 4 is 17.5 Å². The molecule has 2 N–H and O–H groups in total. The van der Waals surface area contributed by atoms with Crippen LogP contribution in [-0.4, -0.2) is 29.3 Å². The van der Waals surface area contributed by atoms with Crippen molar-refractivity contribution in [3.05, 3.63) is 42.0 Å². The van der Waals surface area contributed by atoms with Gasteiger partial charge in [0.05, 0.1) is 13.5 Å². The van der Waals surface area contributed by atoms with Gasteiger partial charge >= 0.3 is 0 Å². The van der Waals surface area contributed by atoms with Crippen LogP contribution in [0.15, 0.2) is 36.4 Å². The Morgan fingerprint density at radius 2 is 1.78 bits per heavy atom. The third-order valence-electron chi connectivity index (χ3n) is 3.46. The van der Waals surface area contributed by atoms with Crippen LogP contribution in [0.4, 0.5) is 11.6 Å². The molecule has 6 heteroatoms. The second-order valence-electron chi connectivity index (χ2n) is 5.33. The summed E-state index contributed by atoms with van der Waals surface area (Å²) in [7, 11) is 1.61. The predicted octanol–water partition coefficient (Wildman–Crippen LogP) is 2.88. The monoisotopic (exact) mass is 314 g/mol. The highest BCUT2D eigenvalue weighted by atomic mass is 16.5. The van der Waals surface area contributed by atoms with E-state index in [1.54, 1.807) is 13.2 Å². The third-order valence-corrected chi connectivity index (χ3v) is 3.46. The molecule has 1 aromatic heterocycles. The maximum Gasteiger partial charge on any atom is 0.229 e. The zero-order valence-electron chi connectivity index (χ0n) is 13.7. The van der Waals surface area contributed by atoms with E-state index in [-0.39, 0.29) is 12.3 Å². The van der Waals surface area contributed by atoms with Gasteiger partial charge in [-0.2, -0.15) is 0 Å². The fourth-order valence-corrected chi connectivity index (χ4v) is 1.95. The Morgan fingerprint density at radius 1 is 1.13 bits per heavy atom. The zero-order chi connectivity index (χ0) is 16.7. The quantitative estimate of drug-likeness (QED) is 0.822. The average Bonchev–Trinajstić information content (AvgIpc) is 2.57. The largest absolute Gasteiger partial charge is 0.497 e. The van der Waals surface area contributed by atoms with Crippen molar-refractivity contribution in [1.29, 1.82) is 0 Å². The molecule has 6 nitrogen and oxygen atoms in total. The molecule has 0 spiro atoms. The highest BCUT2D eigenvalue weighted by molar-refractivity contribution is 5.91. The minimum Gasteiger partial charge on any atom is -0.497 e. The number of hydrogen-bond donors (Lipinski definition) is 2. The topological polar surface area (TPSA) is 76.1 Å². The Bertz CT molecular complexity index is 626. The van der Waals surface area contributed by atoms with Crippen LogP contribution in [0.2, 0.25) is 0 Å². The van der Waals surface area contributed by atoms with Crippen molar-refractivity contribution in [3.8, 4) is 5.75 Å². The highest BCUT2D eigenvalue weighted by Crippen LogP contribution is 2.13. The number of carbonyl (C=O) groups is 1. The Morgan fingerprint density at radius 3 is 2.35 bits per heavy atom. The Balaban J connectivity index is 1.89. The van der Waals surface area contributed by atoms with Gasteiger partial charge in [0.2, 0.25) is 5.91 Å². The van der Waals surface area contributed by atoms with Crippen LogP contribution in [0.5, 0.6) is 5.75 Å². The molecule has 2 aromatic rings. The van der Waals surface area contributed by atoms with Crippen molar-refractivity contribution < 1.29 is 9.53 Å². The number of nitrogens with zero attached hydrogens (tertiary/aromatic N) is 2. The van der Waals surface area contributed by atoms with Gasteiger partial charge in [0.25, 0.3) is 0 Å². The van der Waals surface area contributed by atoms with E-state index in [4.69, 9.17) is 4.74 Å². The predicted molar refractivity (Wildman–Crippen MR) is 90.7 cm³/mol. The van der Waals surface area contributed by atoms with E-state index in [1.165, 1.54) is 0 Å². The van der Waals surface area contributed by atoms with Crippen molar-refractivity contribution in [3.63, 3.8) is 0 Å². The molecular weight excluding hydrogens is 292 g/mol. The molecule has 0 saturated heterocycles. The standard InChI is InChI=1S/C17H22N4O2/c1-4-12(2)18-15-9-10-16(21-20-15)19-17(22)11-13-5-7-14(23-3)8-6-13/h5-10,12H,4,11H2,1-3H3,(H,18,20)(H,19,21,22). The van der Waals surface area contributed by atoms with E-state index in [1.807, 2.05) is 30.3 Å². The first-order chi connectivity index (χ1) is 11.1. The molecular formula is C17H22N4O2. The fourth-order valence-electron chi connectivity index (χ4n) is 1.95. The number of anilines is 2. The molecule has 122 valence electrons. The lowest BCUT2D eigenvalue weighted by Crippen LogP contribution is -2.17. The van der Waals surface area contributed by atoms with Crippen LogP contribution < -0.4 is 15.4 Å². The molecule has 0 saturated carbocycles. The van der Waals surface area contributed by atoms with Gasteiger partial charge in [0.1, 0.15) is 11.6 Å². The van der Waals surface area contributed by atoms with Crippen molar-refractivity contribution in [2.75, 3.05) is 17.7 Å². The molecule has 1 unspecified atom stereocenters. The van der Waals surface area contributed by atoms with Gasteiger partial charge in [-0.15, -0.1) is 10.2 Å². The molecule has 0 fully saturated rings. The van der Waals surface area contributed by atoms with E-state index < -0.39 is 0 Å². The molecule has 0 aliphatic carbocycles. The molecule has 0 radical (unpaired) electrons. The van der Waals surface area contributed by atoms with Gasteiger partial charge in [0, 0.05) is 6.04 Å². The van der Waals surface area contributed by atoms with E-state index >= 15 is 0 Å². The normalized spacial score (nSPS) is 11.6. The van der Waals surface area contributed by atoms with Gasteiger partial charge in [-0.05, 0) is 43.2 Å². The number of carbonyl (C=O) groups excluding carboxylic acids is 1. The smallest absolute Gasteiger partial charge is 0.229 e. The van der Waals surface area contributed by atoms with Crippen LogP contribution >= 0.6 is 0 Å². The molecule has 1 atom stereocenters. The summed E-state index contributed by atoms with van der Waals surface area (Å²) >= 11 is 0. The van der Waals surface area contributed by atoms with Gasteiger partial charge < -0.3 is 15.4 Å². The van der Waals surface area contributed by atoms with Crippen LogP contribution in [-0.2, 0) is 11.2 Å². The van der Waals surface area contributed by atoms with E-state index in [2.05, 4.69) is 34.7 Å². The summed E-state index contributed by atoms with van der Waals surface area (Å²) < 4.78 is 5.09. The lowest BCUT2D eigenvalue weighted by molar-refractivity contribution is -0.115. The number of ether oxygens (including phenoxy) is 1. The summed E-state index contributed by atoms with van der Waals surface area (Å²) in [5.74, 6) is 1.78. The van der Waals surface area contributed by atoms with Gasteiger partial charge in [-0.25, -0.2) is 0 Å². The van der Waals surface area contributed by atoms with Crippen molar-refractivity contribution in [2.24, 2.45) is 0 Å². The van der Waals surface area contributed by atoms with Crippen molar-refractivity contribution in [1.82, 2.24) is 10.2 Å². The minimum absolute atomic E-state index is 0.132. The number of benzene rings is 1. The first kappa shape index (κ1) is 16.7. The molecule has 23 heavy (non-hydrogen) atoms. The third kappa shape index (κ3) is 5.25. The SMILES string of the molecule is CCC(C)Nc1ccc(NC(=O)Cc2ccc(OC)cc2)nn1. The van der Waals surface area contributed by atoms with Crippen LogP contribution in [0.3, 0.4) is 0 Å². The number of nitrogens with one attached hydrogen (secondary N) is 2. The summed E-state index contributed by atoms with van der Waals surface area (Å²) in [5, 5.41) is 14.0. The average molecular weight is 314 g/mol. The zero-order valence-corrected chi connectivity index (χ0v) is 13.7. The van der Waals surface area contributed by atoms with E-state index in [0.29, 0.717) is 17.7 Å². The second kappa shape index (κ2) is 8.12. The number of amides is 1. The molecule has 0 aliphatic heterocycles. The van der Waals surface area contributed by atoms with Crippen molar-refractivity contribution in [2.45, 2.75) is 32.7 Å². The van der Waals surface area contributed by atoms with Crippen LogP contribution in [0, 0.1) is 0 Å². The fraction of sp³-hybridized carbons (Fsp3) is 0.353. The molecule has 1 amide bonds. The summed E-state index contributed by atoms with van der Waals surface area (Å²) in [4.78, 5) is 12.0. The van der Waals surface area contributed by atoms with Gasteiger partial charge in [-0.1, -0.05) is 19.1 Å². The lowest BCUT2D eigenvalue weighted by atomic mass is 10.1. The highest BCUT2D eigenvalue weighted by Gasteiger charge is 2.07. The summed E-state index contributed by atoms with van der Waals surface area (Å²) in [5.41, 5.74) is 0.909. The lowest BCUT2D eigenvalue weighted by Gasteiger charge is -2.11. The minimum atomic E-state index is -0.132. The van der Waals surface area contributed by atoms with Crippen LogP contribution in [0.1, 0.15) is 25.8 Å². The molecule has 1 aromatic carbocycles. The Kier molecular flexibility index (Phi) is 5.91. The Labute approximate surface area is 136 Å². The summed E-state index contributed by atoms with van der Waals surface area (Å²) in [6, 6.07) is 11.3. The number of hydrogen-bond acceptors (Lipinski definition) is 5. The summed E-state index contributed by atoms with van der Waals surface area (Å²) in [6.45, 7) is 4.17. The van der Waals surface area contributed by atoms with Gasteiger partial charge in [0.15, 0.2) is 5.82 Å². The van der Waals surface area contributed by atoms with E-state index in [0.717, 1.165) is 17.7 Å². The molecule has 1 heterocycles. The van der Waals surface area contributed by atoms with Crippen LogP contribution in [0.25, 0.3) is 0 Å². The van der Waals surface area contributed by atoms with Gasteiger partial charge in [-0.3, -0.25) is 4.79 Å². The first-order valence-electron chi connectivity index (χ1n) is 7.63. The molecule has 2 rings (SSSR count). The van der Waals surface area contributed by atoms with E-state index in [9.17, 15) is 4.79 Å². The number of rotatable bonds is 7. The molecule has 0 bridgehead atoms. The maximum atomic E-state index is 12.0. The Hall–Kier alpha value is -2.63. The number of aromatic nitrogens is 2.